The molecule has 0 aliphatic carbocycles. The van der Waals surface area contributed by atoms with Crippen LogP contribution in [-0.2, 0) is 12.8 Å². The first kappa shape index (κ1) is 17.2. The van der Waals surface area contributed by atoms with Gasteiger partial charge in [0.25, 0.3) is 0 Å². The highest BCUT2D eigenvalue weighted by molar-refractivity contribution is 5.58. The molecular formula is C19H29N5. The van der Waals surface area contributed by atoms with E-state index in [9.17, 15) is 5.26 Å². The molecule has 0 bridgehead atoms. The monoisotopic (exact) mass is 327 g/mol. The van der Waals surface area contributed by atoms with Crippen molar-refractivity contribution in [2.45, 2.75) is 64.8 Å². The minimum Gasteiger partial charge on any atom is -0.354 e. The van der Waals surface area contributed by atoms with E-state index >= 15 is 0 Å². The Morgan fingerprint density at radius 2 is 1.79 bits per heavy atom. The van der Waals surface area contributed by atoms with Crippen molar-refractivity contribution in [2.75, 3.05) is 31.1 Å². The summed E-state index contributed by atoms with van der Waals surface area (Å²) in [6, 6.07) is 3.12. The highest BCUT2D eigenvalue weighted by Crippen LogP contribution is 2.27. The molecule has 2 fully saturated rings. The maximum atomic E-state index is 9.72. The molecule has 0 amide bonds. The molecule has 24 heavy (non-hydrogen) atoms. The molecule has 0 radical (unpaired) electrons. The number of nitriles is 1. The third-order valence-electron chi connectivity index (χ3n) is 5.59. The van der Waals surface area contributed by atoms with Crippen molar-refractivity contribution in [3.8, 4) is 6.07 Å². The lowest BCUT2D eigenvalue weighted by Gasteiger charge is -2.27. The van der Waals surface area contributed by atoms with Crippen molar-refractivity contribution >= 4 is 5.82 Å². The van der Waals surface area contributed by atoms with Crippen LogP contribution in [0.2, 0.25) is 0 Å². The van der Waals surface area contributed by atoms with Gasteiger partial charge in [-0.3, -0.25) is 0 Å². The van der Waals surface area contributed by atoms with E-state index in [1.165, 1.54) is 45.2 Å². The average molecular weight is 327 g/mol. The van der Waals surface area contributed by atoms with Gasteiger partial charge in [0.05, 0.1) is 5.69 Å². The van der Waals surface area contributed by atoms with E-state index < -0.39 is 0 Å². The van der Waals surface area contributed by atoms with Crippen LogP contribution in [0.3, 0.4) is 0 Å². The molecule has 0 aromatic carbocycles. The lowest BCUT2D eigenvalue weighted by Crippen LogP contribution is -2.34. The summed E-state index contributed by atoms with van der Waals surface area (Å²) in [5.41, 5.74) is 2.82. The molecule has 2 aliphatic rings. The Hall–Kier alpha value is -1.67. The van der Waals surface area contributed by atoms with Crippen LogP contribution in [0.15, 0.2) is 0 Å². The molecule has 5 nitrogen and oxygen atoms in total. The normalized spacial score (nSPS) is 22.4. The van der Waals surface area contributed by atoms with Crippen molar-refractivity contribution in [3.05, 3.63) is 16.8 Å². The Bertz CT molecular complexity index is 601. The van der Waals surface area contributed by atoms with Crippen molar-refractivity contribution in [1.29, 1.82) is 5.26 Å². The molecular weight excluding hydrogens is 298 g/mol. The Morgan fingerprint density at radius 3 is 2.46 bits per heavy atom. The SMILES string of the molecule is CCc1nnc(N2CCCC(N3CCCC3)CC2)c(C#N)c1CC. The summed E-state index contributed by atoms with van der Waals surface area (Å²) >= 11 is 0. The van der Waals surface area contributed by atoms with Gasteiger partial charge >= 0.3 is 0 Å². The lowest BCUT2D eigenvalue weighted by atomic mass is 10.0. The summed E-state index contributed by atoms with van der Waals surface area (Å²) in [7, 11) is 0. The zero-order valence-corrected chi connectivity index (χ0v) is 15.1. The molecule has 1 aromatic heterocycles. The zero-order chi connectivity index (χ0) is 16.9. The van der Waals surface area contributed by atoms with E-state index in [1.54, 1.807) is 0 Å². The average Bonchev–Trinajstić information content (AvgIpc) is 3.05. The number of aryl methyl sites for hydroxylation is 1. The number of hydrogen-bond donors (Lipinski definition) is 0. The summed E-state index contributed by atoms with van der Waals surface area (Å²) in [5.74, 6) is 0.814. The maximum absolute atomic E-state index is 9.72. The number of aromatic nitrogens is 2. The molecule has 3 heterocycles. The Labute approximate surface area is 145 Å². The summed E-state index contributed by atoms with van der Waals surface area (Å²) in [6.07, 6.45) is 7.99. The van der Waals surface area contributed by atoms with E-state index in [2.05, 4.69) is 39.9 Å². The fourth-order valence-electron chi connectivity index (χ4n) is 4.26. The van der Waals surface area contributed by atoms with Gasteiger partial charge in [-0.1, -0.05) is 13.8 Å². The van der Waals surface area contributed by atoms with Gasteiger partial charge in [-0.25, -0.2) is 0 Å². The van der Waals surface area contributed by atoms with Gasteiger partial charge in [0.2, 0.25) is 0 Å². The number of rotatable bonds is 4. The van der Waals surface area contributed by atoms with Crippen LogP contribution in [0.1, 0.15) is 62.8 Å². The summed E-state index contributed by atoms with van der Waals surface area (Å²) in [5, 5.41) is 18.6. The molecule has 1 aromatic rings. The van der Waals surface area contributed by atoms with Crippen molar-refractivity contribution in [3.63, 3.8) is 0 Å². The molecule has 5 heteroatoms. The number of nitrogens with zero attached hydrogens (tertiary/aromatic N) is 5. The number of anilines is 1. The minimum absolute atomic E-state index is 0.705. The van der Waals surface area contributed by atoms with Gasteiger partial charge in [0, 0.05) is 19.1 Å². The Kier molecular flexibility index (Phi) is 5.68. The molecule has 130 valence electrons. The smallest absolute Gasteiger partial charge is 0.169 e. The van der Waals surface area contributed by atoms with Crippen LogP contribution in [0.5, 0.6) is 0 Å². The molecule has 3 rings (SSSR count). The quantitative estimate of drug-likeness (QED) is 0.851. The van der Waals surface area contributed by atoms with Gasteiger partial charge < -0.3 is 9.80 Å². The van der Waals surface area contributed by atoms with Crippen LogP contribution in [0.4, 0.5) is 5.82 Å². The number of hydrogen-bond acceptors (Lipinski definition) is 5. The van der Waals surface area contributed by atoms with Crippen molar-refractivity contribution < 1.29 is 0 Å². The van der Waals surface area contributed by atoms with Crippen LogP contribution >= 0.6 is 0 Å². The van der Waals surface area contributed by atoms with Gasteiger partial charge in [-0.15, -0.1) is 5.10 Å². The Morgan fingerprint density at radius 1 is 1.00 bits per heavy atom. The standard InChI is InChI=1S/C19H29N5/c1-3-16-17(14-20)19(22-21-18(16)4-2)24-12-7-8-15(9-13-24)23-10-5-6-11-23/h15H,3-13H2,1-2H3. The molecule has 2 saturated heterocycles. The third kappa shape index (κ3) is 3.39. The highest BCUT2D eigenvalue weighted by atomic mass is 15.3. The summed E-state index contributed by atoms with van der Waals surface area (Å²) in [6.45, 7) is 8.68. The van der Waals surface area contributed by atoms with Gasteiger partial charge in [0.15, 0.2) is 5.82 Å². The van der Waals surface area contributed by atoms with Gasteiger partial charge in [-0.05, 0) is 63.6 Å². The highest BCUT2D eigenvalue weighted by Gasteiger charge is 2.27. The molecule has 0 spiro atoms. The first-order chi connectivity index (χ1) is 11.8. The van der Waals surface area contributed by atoms with Gasteiger partial charge in [-0.2, -0.15) is 10.4 Å². The first-order valence-electron chi connectivity index (χ1n) is 9.56. The Balaban J connectivity index is 1.80. The van der Waals surface area contributed by atoms with Crippen molar-refractivity contribution in [1.82, 2.24) is 15.1 Å². The number of likely N-dealkylation sites (tertiary alicyclic amines) is 1. The van der Waals surface area contributed by atoms with E-state index in [0.717, 1.165) is 48.6 Å². The van der Waals surface area contributed by atoms with E-state index in [1.807, 2.05) is 0 Å². The van der Waals surface area contributed by atoms with Gasteiger partial charge in [0.1, 0.15) is 11.6 Å². The van der Waals surface area contributed by atoms with E-state index in [0.29, 0.717) is 6.04 Å². The minimum atomic E-state index is 0.705. The van der Waals surface area contributed by atoms with Crippen LogP contribution in [0, 0.1) is 11.3 Å². The summed E-state index contributed by atoms with van der Waals surface area (Å²) < 4.78 is 0. The zero-order valence-electron chi connectivity index (χ0n) is 15.1. The summed E-state index contributed by atoms with van der Waals surface area (Å²) in [4.78, 5) is 4.97. The first-order valence-corrected chi connectivity index (χ1v) is 9.56. The molecule has 2 aliphatic heterocycles. The van der Waals surface area contributed by atoms with E-state index in [4.69, 9.17) is 0 Å². The predicted octanol–water partition coefficient (Wildman–Crippen LogP) is 2.93. The fraction of sp³-hybridized carbons (Fsp3) is 0.737. The second-order valence-electron chi connectivity index (χ2n) is 6.96. The predicted molar refractivity (Wildman–Crippen MR) is 96.2 cm³/mol. The fourth-order valence-corrected chi connectivity index (χ4v) is 4.26. The lowest BCUT2D eigenvalue weighted by molar-refractivity contribution is 0.225. The van der Waals surface area contributed by atoms with Crippen LogP contribution in [-0.4, -0.2) is 47.3 Å². The molecule has 0 saturated carbocycles. The molecule has 0 N–H and O–H groups in total. The van der Waals surface area contributed by atoms with Crippen molar-refractivity contribution in [2.24, 2.45) is 0 Å². The molecule has 1 atom stereocenters. The van der Waals surface area contributed by atoms with Crippen LogP contribution < -0.4 is 4.90 Å². The van der Waals surface area contributed by atoms with Crippen LogP contribution in [0.25, 0.3) is 0 Å². The van der Waals surface area contributed by atoms with E-state index in [-0.39, 0.29) is 0 Å². The maximum Gasteiger partial charge on any atom is 0.169 e. The second kappa shape index (κ2) is 7.94. The largest absolute Gasteiger partial charge is 0.354 e. The topological polar surface area (TPSA) is 56.1 Å². The second-order valence-corrected chi connectivity index (χ2v) is 6.96. The third-order valence-corrected chi connectivity index (χ3v) is 5.59. The molecule has 1 unspecified atom stereocenters.